The maximum absolute atomic E-state index is 2.17. The average molecular weight is 144 g/mol. The lowest BCUT2D eigenvalue weighted by Gasteiger charge is -1.79. The van der Waals surface area contributed by atoms with E-state index in [1.54, 1.807) is 0 Å². The van der Waals surface area contributed by atoms with Gasteiger partial charge in [-0.2, -0.15) is 0 Å². The summed E-state index contributed by atoms with van der Waals surface area (Å²) < 4.78 is 0. The summed E-state index contributed by atoms with van der Waals surface area (Å²) in [4.78, 5) is 0. The first-order chi connectivity index (χ1) is 4.65. The number of hydrogen-bond donors (Lipinski definition) is 0. The molecule has 0 unspecified atom stereocenters. The van der Waals surface area contributed by atoms with E-state index in [1.165, 1.54) is 0 Å². The third-order valence-corrected chi connectivity index (χ3v) is 0.333. The standard InChI is InChI=1S/C4H10.C4H8.C2H6/c1-4(2)3;1-3-4-2;1-2/h4H,1-3H3;3-4H,1-2H3;1-2H3/b;4-3-;. The first-order valence-electron chi connectivity index (χ1n) is 4.22. The molecule has 0 saturated carbocycles. The van der Waals surface area contributed by atoms with Crippen LogP contribution in [0.15, 0.2) is 12.2 Å². The van der Waals surface area contributed by atoms with Crippen molar-refractivity contribution in [3.63, 3.8) is 0 Å². The predicted molar refractivity (Wildman–Crippen MR) is 52.3 cm³/mol. The van der Waals surface area contributed by atoms with Crippen LogP contribution >= 0.6 is 0 Å². The molecule has 10 heavy (non-hydrogen) atoms. The summed E-state index contributed by atoms with van der Waals surface area (Å²) in [5.74, 6) is 0.833. The zero-order valence-electron chi connectivity index (χ0n) is 8.73. The molecule has 0 rings (SSSR count). The molecule has 0 aliphatic heterocycles. The molecular weight excluding hydrogens is 120 g/mol. The molecular formula is C10H24. The van der Waals surface area contributed by atoms with Crippen LogP contribution in [-0.2, 0) is 0 Å². The van der Waals surface area contributed by atoms with Gasteiger partial charge in [-0.1, -0.05) is 46.8 Å². The molecule has 0 atom stereocenters. The molecule has 0 fully saturated rings. The Kier molecular flexibility index (Phi) is 38.2. The Hall–Kier alpha value is -0.260. The van der Waals surface area contributed by atoms with E-state index in [-0.39, 0.29) is 0 Å². The number of rotatable bonds is 0. The van der Waals surface area contributed by atoms with Gasteiger partial charge in [0.05, 0.1) is 0 Å². The van der Waals surface area contributed by atoms with Gasteiger partial charge >= 0.3 is 0 Å². The Morgan fingerprint density at radius 1 is 0.800 bits per heavy atom. The van der Waals surface area contributed by atoms with E-state index >= 15 is 0 Å². The van der Waals surface area contributed by atoms with Gasteiger partial charge in [-0.25, -0.2) is 0 Å². The minimum atomic E-state index is 0.833. The van der Waals surface area contributed by atoms with Crippen LogP contribution in [0, 0.1) is 5.92 Å². The van der Waals surface area contributed by atoms with Crippen molar-refractivity contribution in [2.75, 3.05) is 0 Å². The van der Waals surface area contributed by atoms with Crippen LogP contribution in [0.3, 0.4) is 0 Å². The van der Waals surface area contributed by atoms with Gasteiger partial charge in [0.1, 0.15) is 0 Å². The summed E-state index contributed by atoms with van der Waals surface area (Å²) >= 11 is 0. The normalized spacial score (nSPS) is 8.00. The number of allylic oxidation sites excluding steroid dienone is 2. The quantitative estimate of drug-likeness (QED) is 0.445. The van der Waals surface area contributed by atoms with Gasteiger partial charge in [-0.15, -0.1) is 0 Å². The van der Waals surface area contributed by atoms with Crippen molar-refractivity contribution in [2.45, 2.75) is 48.5 Å². The lowest BCUT2D eigenvalue weighted by atomic mass is 10.3. The average Bonchev–Trinajstić information content (AvgIpc) is 1.91. The highest BCUT2D eigenvalue weighted by Crippen LogP contribution is 1.81. The molecule has 0 N–H and O–H groups in total. The summed E-state index contributed by atoms with van der Waals surface area (Å²) in [5, 5.41) is 0. The molecule has 0 aliphatic rings. The molecule has 0 aromatic rings. The Morgan fingerprint density at radius 3 is 0.900 bits per heavy atom. The third-order valence-electron chi connectivity index (χ3n) is 0.333. The van der Waals surface area contributed by atoms with E-state index in [0.29, 0.717) is 0 Å². The molecule has 0 radical (unpaired) electrons. The Morgan fingerprint density at radius 2 is 0.900 bits per heavy atom. The van der Waals surface area contributed by atoms with Crippen molar-refractivity contribution in [1.82, 2.24) is 0 Å². The maximum atomic E-state index is 2.17. The molecule has 0 heterocycles. The van der Waals surface area contributed by atoms with Crippen molar-refractivity contribution in [3.05, 3.63) is 12.2 Å². The molecule has 0 bridgehead atoms. The summed E-state index contributed by atoms with van der Waals surface area (Å²) in [5.41, 5.74) is 0. The molecule has 0 aromatic heterocycles. The molecule has 0 heteroatoms. The summed E-state index contributed by atoms with van der Waals surface area (Å²) in [7, 11) is 0. The van der Waals surface area contributed by atoms with Crippen LogP contribution in [0.25, 0.3) is 0 Å². The largest absolute Gasteiger partial charge is 0.0919 e. The topological polar surface area (TPSA) is 0 Å². The lowest BCUT2D eigenvalue weighted by molar-refractivity contribution is 0.737. The van der Waals surface area contributed by atoms with Gasteiger partial charge in [-0.05, 0) is 19.8 Å². The summed E-state index contributed by atoms with van der Waals surface area (Å²) in [6.07, 6.45) is 4.00. The number of hydrogen-bond acceptors (Lipinski definition) is 0. The van der Waals surface area contributed by atoms with Gasteiger partial charge in [0.15, 0.2) is 0 Å². The van der Waals surface area contributed by atoms with Crippen LogP contribution in [0.2, 0.25) is 0 Å². The zero-order chi connectivity index (χ0) is 8.99. The van der Waals surface area contributed by atoms with E-state index in [0.717, 1.165) is 5.92 Å². The van der Waals surface area contributed by atoms with Gasteiger partial charge in [-0.3, -0.25) is 0 Å². The van der Waals surface area contributed by atoms with Crippen molar-refractivity contribution in [3.8, 4) is 0 Å². The monoisotopic (exact) mass is 144 g/mol. The van der Waals surface area contributed by atoms with Crippen LogP contribution in [0.1, 0.15) is 48.5 Å². The van der Waals surface area contributed by atoms with E-state index in [4.69, 9.17) is 0 Å². The fourth-order valence-electron chi connectivity index (χ4n) is 0. The third kappa shape index (κ3) is 642. The SMILES string of the molecule is C/C=C\C.CC.CC(C)C. The Labute approximate surface area is 67.3 Å². The van der Waals surface area contributed by atoms with Crippen molar-refractivity contribution >= 4 is 0 Å². The molecule has 0 saturated heterocycles. The van der Waals surface area contributed by atoms with Crippen LogP contribution in [0.4, 0.5) is 0 Å². The lowest BCUT2D eigenvalue weighted by Crippen LogP contribution is -1.66. The van der Waals surface area contributed by atoms with Gasteiger partial charge in [0.25, 0.3) is 0 Å². The minimum Gasteiger partial charge on any atom is -0.0919 e. The van der Waals surface area contributed by atoms with Crippen LogP contribution < -0.4 is 0 Å². The molecule has 0 amide bonds. The second-order valence-corrected chi connectivity index (χ2v) is 2.40. The van der Waals surface area contributed by atoms with E-state index in [9.17, 15) is 0 Å². The molecule has 0 spiro atoms. The summed E-state index contributed by atoms with van der Waals surface area (Å²) in [6.45, 7) is 14.5. The van der Waals surface area contributed by atoms with Gasteiger partial charge in [0, 0.05) is 0 Å². The predicted octanol–water partition coefficient (Wildman–Crippen LogP) is 4.27. The maximum Gasteiger partial charge on any atom is -0.0470 e. The van der Waals surface area contributed by atoms with Crippen molar-refractivity contribution < 1.29 is 0 Å². The fourth-order valence-corrected chi connectivity index (χ4v) is 0. The second kappa shape index (κ2) is 23.3. The van der Waals surface area contributed by atoms with Crippen molar-refractivity contribution in [2.24, 2.45) is 5.92 Å². The molecule has 0 nitrogen and oxygen atoms in total. The summed E-state index contributed by atoms with van der Waals surface area (Å²) in [6, 6.07) is 0. The first-order valence-corrected chi connectivity index (χ1v) is 4.22. The molecule has 0 aliphatic carbocycles. The Bertz CT molecular complexity index is 35.2. The molecule has 0 aromatic carbocycles. The Balaban J connectivity index is -0.0000000787. The van der Waals surface area contributed by atoms with Gasteiger partial charge in [0.2, 0.25) is 0 Å². The van der Waals surface area contributed by atoms with Crippen molar-refractivity contribution in [1.29, 1.82) is 0 Å². The smallest absolute Gasteiger partial charge is 0.0470 e. The van der Waals surface area contributed by atoms with E-state index in [1.807, 2.05) is 39.8 Å². The van der Waals surface area contributed by atoms with Crippen LogP contribution in [0.5, 0.6) is 0 Å². The van der Waals surface area contributed by atoms with E-state index < -0.39 is 0 Å². The highest BCUT2D eigenvalue weighted by atomic mass is 13.7. The fraction of sp³-hybridized carbons (Fsp3) is 0.800. The van der Waals surface area contributed by atoms with Gasteiger partial charge < -0.3 is 0 Å². The minimum absolute atomic E-state index is 0.833. The highest BCUT2D eigenvalue weighted by Gasteiger charge is 1.68. The van der Waals surface area contributed by atoms with Crippen LogP contribution in [-0.4, -0.2) is 0 Å². The first kappa shape index (κ1) is 16.4. The second-order valence-electron chi connectivity index (χ2n) is 2.40. The zero-order valence-corrected chi connectivity index (χ0v) is 8.73. The van der Waals surface area contributed by atoms with E-state index in [2.05, 4.69) is 20.8 Å². The highest BCUT2D eigenvalue weighted by molar-refractivity contribution is 4.68. The molecule has 64 valence electrons.